The van der Waals surface area contributed by atoms with E-state index in [1.54, 1.807) is 66.7 Å². The summed E-state index contributed by atoms with van der Waals surface area (Å²) in [5.41, 5.74) is 0.657. The highest BCUT2D eigenvalue weighted by Crippen LogP contribution is 2.21. The Morgan fingerprint density at radius 2 is 1.72 bits per heavy atom. The molecule has 0 bridgehead atoms. The molecule has 0 aliphatic carbocycles. The van der Waals surface area contributed by atoms with Crippen LogP contribution >= 0.6 is 0 Å². The van der Waals surface area contributed by atoms with Gasteiger partial charge in [-0.2, -0.15) is 9.78 Å². The summed E-state index contributed by atoms with van der Waals surface area (Å²) in [5, 5.41) is 4.77. The summed E-state index contributed by atoms with van der Waals surface area (Å²) < 4.78 is 17.1. The highest BCUT2D eigenvalue weighted by atomic mass is 16.5. The molecule has 0 aliphatic heterocycles. The monoisotopic (exact) mass is 425 g/mol. The lowest BCUT2D eigenvalue weighted by Crippen LogP contribution is -2.20. The summed E-state index contributed by atoms with van der Waals surface area (Å²) >= 11 is 0. The molecule has 156 valence electrons. The van der Waals surface area contributed by atoms with Crippen LogP contribution < -0.4 is 10.3 Å². The Balaban J connectivity index is 1.58. The van der Waals surface area contributed by atoms with E-state index in [0.717, 1.165) is 4.68 Å². The smallest absolute Gasteiger partial charge is 0.379 e. The fourth-order valence-electron chi connectivity index (χ4n) is 3.14. The van der Waals surface area contributed by atoms with Gasteiger partial charge in [-0.1, -0.05) is 24.3 Å². The van der Waals surface area contributed by atoms with Crippen molar-refractivity contribution in [1.29, 1.82) is 0 Å². The molecule has 3 aromatic heterocycles. The number of carbonyl (C=O) groups is 1. The van der Waals surface area contributed by atoms with Crippen molar-refractivity contribution in [1.82, 2.24) is 9.66 Å². The number of furan rings is 2. The van der Waals surface area contributed by atoms with Gasteiger partial charge in [-0.25, -0.2) is 9.78 Å². The van der Waals surface area contributed by atoms with Crippen molar-refractivity contribution in [3.63, 3.8) is 0 Å². The average molecular weight is 425 g/mol. The second-order valence-electron chi connectivity index (χ2n) is 6.70. The van der Waals surface area contributed by atoms with Crippen LogP contribution in [0.15, 0.2) is 104 Å². The summed E-state index contributed by atoms with van der Waals surface area (Å²) in [6.45, 7) is 0. The standard InChI is InChI=1S/C24H15N3O5/c28-23-17-8-2-3-9-18(17)26-22(20-11-5-13-30-20)27(23)25-15-16-7-1-4-10-19(16)32-24(29)21-12-6-14-31-21/h1-15H/b25-15-. The maximum atomic E-state index is 13.2. The molecule has 5 rings (SSSR count). The molecule has 3 heterocycles. The number of carbonyl (C=O) groups excluding carboxylic acids is 1. The van der Waals surface area contributed by atoms with Crippen LogP contribution in [0.5, 0.6) is 5.75 Å². The Kier molecular flexibility index (Phi) is 4.93. The first-order valence-electron chi connectivity index (χ1n) is 9.65. The molecule has 0 saturated heterocycles. The number of esters is 1. The maximum absolute atomic E-state index is 13.2. The number of hydrogen-bond donors (Lipinski definition) is 0. The van der Waals surface area contributed by atoms with Crippen LogP contribution in [-0.4, -0.2) is 21.8 Å². The third kappa shape index (κ3) is 3.61. The first-order chi connectivity index (χ1) is 15.7. The molecule has 0 unspecified atom stereocenters. The van der Waals surface area contributed by atoms with E-state index in [4.69, 9.17) is 13.6 Å². The van der Waals surface area contributed by atoms with Gasteiger partial charge in [0.1, 0.15) is 5.75 Å². The Hall–Kier alpha value is -4.72. The fourth-order valence-corrected chi connectivity index (χ4v) is 3.14. The summed E-state index contributed by atoms with van der Waals surface area (Å²) in [6.07, 6.45) is 4.31. The number of ether oxygens (including phenoxy) is 1. The van der Waals surface area contributed by atoms with Crippen molar-refractivity contribution in [2.75, 3.05) is 0 Å². The lowest BCUT2D eigenvalue weighted by Gasteiger charge is -2.08. The van der Waals surface area contributed by atoms with Crippen LogP contribution in [0.1, 0.15) is 16.1 Å². The zero-order valence-electron chi connectivity index (χ0n) is 16.5. The number of nitrogens with zero attached hydrogens (tertiary/aromatic N) is 3. The van der Waals surface area contributed by atoms with Gasteiger partial charge >= 0.3 is 5.97 Å². The molecule has 0 aliphatic rings. The number of fused-ring (bicyclic) bond motifs is 1. The van der Waals surface area contributed by atoms with Crippen LogP contribution in [0, 0.1) is 0 Å². The molecule has 0 atom stereocenters. The number of aromatic nitrogens is 2. The van der Waals surface area contributed by atoms with Crippen LogP contribution in [0.2, 0.25) is 0 Å². The normalized spacial score (nSPS) is 11.2. The van der Waals surface area contributed by atoms with E-state index in [-0.39, 0.29) is 22.9 Å². The van der Waals surface area contributed by atoms with Gasteiger partial charge < -0.3 is 13.6 Å². The molecule has 5 aromatic rings. The Morgan fingerprint density at radius 1 is 0.938 bits per heavy atom. The van der Waals surface area contributed by atoms with E-state index in [1.807, 2.05) is 0 Å². The predicted octanol–water partition coefficient (Wildman–Crippen LogP) is 4.35. The molecule has 2 aromatic carbocycles. The minimum absolute atomic E-state index is 0.0757. The highest BCUT2D eigenvalue weighted by molar-refractivity contribution is 5.91. The topological polar surface area (TPSA) is 99.8 Å². The van der Waals surface area contributed by atoms with E-state index in [9.17, 15) is 9.59 Å². The Labute approximate surface area is 181 Å². The second-order valence-corrected chi connectivity index (χ2v) is 6.70. The average Bonchev–Trinajstić information content (AvgIpc) is 3.54. The van der Waals surface area contributed by atoms with E-state index in [1.165, 1.54) is 24.8 Å². The first-order valence-corrected chi connectivity index (χ1v) is 9.65. The van der Waals surface area contributed by atoms with Gasteiger partial charge in [0.2, 0.25) is 11.6 Å². The zero-order chi connectivity index (χ0) is 21.9. The predicted molar refractivity (Wildman–Crippen MR) is 117 cm³/mol. The quantitative estimate of drug-likeness (QED) is 0.236. The molecule has 0 spiro atoms. The van der Waals surface area contributed by atoms with Crippen LogP contribution in [0.4, 0.5) is 0 Å². The van der Waals surface area contributed by atoms with Crippen molar-refractivity contribution in [3.8, 4) is 17.3 Å². The molecule has 8 nitrogen and oxygen atoms in total. The lowest BCUT2D eigenvalue weighted by molar-refractivity contribution is 0.0701. The molecule has 8 heteroatoms. The SMILES string of the molecule is O=C(Oc1ccccc1/C=N\n1c(-c2ccco2)nc2ccccc2c1=O)c1ccco1. The lowest BCUT2D eigenvalue weighted by atomic mass is 10.2. The Bertz CT molecular complexity index is 1480. The van der Waals surface area contributed by atoms with Crippen molar-refractivity contribution in [2.24, 2.45) is 5.10 Å². The van der Waals surface area contributed by atoms with Gasteiger partial charge in [-0.15, -0.1) is 0 Å². The molecular formula is C24H15N3O5. The third-order valence-corrected chi connectivity index (χ3v) is 4.65. The highest BCUT2D eigenvalue weighted by Gasteiger charge is 2.16. The molecule has 0 fully saturated rings. The van der Waals surface area contributed by atoms with Crippen LogP contribution in [0.3, 0.4) is 0 Å². The van der Waals surface area contributed by atoms with Crippen molar-refractivity contribution >= 4 is 23.1 Å². The van der Waals surface area contributed by atoms with Crippen LogP contribution in [0.25, 0.3) is 22.5 Å². The van der Waals surface area contributed by atoms with E-state index in [0.29, 0.717) is 22.2 Å². The van der Waals surface area contributed by atoms with Gasteiger partial charge in [0, 0.05) is 5.56 Å². The third-order valence-electron chi connectivity index (χ3n) is 4.65. The first kappa shape index (κ1) is 19.3. The molecule has 0 radical (unpaired) electrons. The minimum atomic E-state index is -0.642. The Morgan fingerprint density at radius 3 is 2.53 bits per heavy atom. The molecule has 0 amide bonds. The maximum Gasteiger partial charge on any atom is 0.379 e. The van der Waals surface area contributed by atoms with Crippen molar-refractivity contribution in [2.45, 2.75) is 0 Å². The van der Waals surface area contributed by atoms with Gasteiger partial charge in [-0.3, -0.25) is 4.79 Å². The van der Waals surface area contributed by atoms with E-state index >= 15 is 0 Å². The zero-order valence-corrected chi connectivity index (χ0v) is 16.5. The van der Waals surface area contributed by atoms with Gasteiger partial charge in [0.25, 0.3) is 5.56 Å². The van der Waals surface area contributed by atoms with Gasteiger partial charge in [-0.05, 0) is 48.5 Å². The number of para-hydroxylation sites is 2. The van der Waals surface area contributed by atoms with E-state index in [2.05, 4.69) is 10.1 Å². The molecule has 32 heavy (non-hydrogen) atoms. The van der Waals surface area contributed by atoms with E-state index < -0.39 is 5.97 Å². The van der Waals surface area contributed by atoms with Gasteiger partial charge in [0.05, 0.1) is 29.6 Å². The van der Waals surface area contributed by atoms with Gasteiger partial charge in [0.15, 0.2) is 5.76 Å². The molecule has 0 N–H and O–H groups in total. The summed E-state index contributed by atoms with van der Waals surface area (Å²) in [7, 11) is 0. The fraction of sp³-hybridized carbons (Fsp3) is 0. The summed E-state index contributed by atoms with van der Waals surface area (Å²) in [5.74, 6) is 0.338. The number of benzene rings is 2. The van der Waals surface area contributed by atoms with Crippen LogP contribution in [-0.2, 0) is 0 Å². The minimum Gasteiger partial charge on any atom is -0.461 e. The molecule has 0 saturated carbocycles. The van der Waals surface area contributed by atoms with Crippen molar-refractivity contribution < 1.29 is 18.4 Å². The number of rotatable bonds is 5. The largest absolute Gasteiger partial charge is 0.461 e. The second kappa shape index (κ2) is 8.19. The molecular weight excluding hydrogens is 410 g/mol. The van der Waals surface area contributed by atoms with Crippen molar-refractivity contribution in [3.05, 3.63) is 107 Å². The summed E-state index contributed by atoms with van der Waals surface area (Å²) in [6, 6.07) is 20.3. The number of hydrogen-bond acceptors (Lipinski definition) is 7. The summed E-state index contributed by atoms with van der Waals surface area (Å²) in [4.78, 5) is 30.0.